The summed E-state index contributed by atoms with van der Waals surface area (Å²) in [6, 6.07) is 3.20. The lowest BCUT2D eigenvalue weighted by atomic mass is 9.96. The smallest absolute Gasteiger partial charge is 0.266 e. The normalized spacial score (nSPS) is 16.1. The lowest BCUT2D eigenvalue weighted by molar-refractivity contribution is 0.162. The van der Waals surface area contributed by atoms with Crippen molar-refractivity contribution < 1.29 is 4.52 Å². The first-order valence-electron chi connectivity index (χ1n) is 9.17. The molecule has 1 aliphatic rings. The Morgan fingerprint density at radius 3 is 2.70 bits per heavy atom. The SMILES string of the molecule is Cc1noc(C)c1CN1CCC(Cn2nc(-n3cncn3)ccc2=O)CC1. The van der Waals surface area contributed by atoms with Crippen LogP contribution in [0.15, 0.2) is 34.1 Å². The van der Waals surface area contributed by atoms with Gasteiger partial charge in [0.25, 0.3) is 5.56 Å². The number of aromatic nitrogens is 6. The summed E-state index contributed by atoms with van der Waals surface area (Å²) in [6.45, 7) is 7.42. The van der Waals surface area contributed by atoms with Gasteiger partial charge in [0.1, 0.15) is 18.4 Å². The fraction of sp³-hybridized carbons (Fsp3) is 0.500. The van der Waals surface area contributed by atoms with Gasteiger partial charge in [0.05, 0.1) is 5.69 Å². The highest BCUT2D eigenvalue weighted by atomic mass is 16.5. The molecule has 1 fully saturated rings. The van der Waals surface area contributed by atoms with Crippen LogP contribution in [0, 0.1) is 19.8 Å². The van der Waals surface area contributed by atoms with Crippen LogP contribution in [0.1, 0.15) is 29.9 Å². The van der Waals surface area contributed by atoms with Gasteiger partial charge in [-0.3, -0.25) is 9.69 Å². The van der Waals surface area contributed by atoms with E-state index in [4.69, 9.17) is 4.52 Å². The Hall–Kier alpha value is -2.81. The van der Waals surface area contributed by atoms with Crippen LogP contribution >= 0.6 is 0 Å². The van der Waals surface area contributed by atoms with E-state index in [1.54, 1.807) is 21.8 Å². The molecule has 3 aromatic rings. The lowest BCUT2D eigenvalue weighted by Gasteiger charge is -2.31. The first-order valence-corrected chi connectivity index (χ1v) is 9.17. The van der Waals surface area contributed by atoms with Crippen LogP contribution in [0.5, 0.6) is 0 Å². The molecule has 0 aliphatic carbocycles. The van der Waals surface area contributed by atoms with Crippen LogP contribution < -0.4 is 5.56 Å². The number of nitrogens with zero attached hydrogens (tertiary/aromatic N) is 7. The summed E-state index contributed by atoms with van der Waals surface area (Å²) in [7, 11) is 0. The van der Waals surface area contributed by atoms with Crippen LogP contribution in [-0.4, -0.2) is 47.7 Å². The molecule has 0 saturated carbocycles. The molecule has 9 nitrogen and oxygen atoms in total. The fourth-order valence-electron chi connectivity index (χ4n) is 3.54. The van der Waals surface area contributed by atoms with Crippen molar-refractivity contribution in [3.8, 4) is 5.82 Å². The molecule has 27 heavy (non-hydrogen) atoms. The largest absolute Gasteiger partial charge is 0.361 e. The van der Waals surface area contributed by atoms with Gasteiger partial charge in [-0.2, -0.15) is 5.10 Å². The Morgan fingerprint density at radius 1 is 1.22 bits per heavy atom. The quantitative estimate of drug-likeness (QED) is 0.670. The van der Waals surface area contributed by atoms with E-state index >= 15 is 0 Å². The molecule has 142 valence electrons. The molecule has 0 atom stereocenters. The number of aryl methyl sites for hydroxylation is 2. The topological polar surface area (TPSA) is 94.9 Å². The van der Waals surface area contributed by atoms with Crippen molar-refractivity contribution in [1.29, 1.82) is 0 Å². The van der Waals surface area contributed by atoms with Gasteiger partial charge in [-0.15, -0.1) is 5.10 Å². The molecule has 4 rings (SSSR count). The Morgan fingerprint density at radius 2 is 2.04 bits per heavy atom. The Bertz CT molecular complexity index is 933. The highest BCUT2D eigenvalue weighted by Gasteiger charge is 2.22. The first kappa shape index (κ1) is 17.6. The van der Waals surface area contributed by atoms with Crippen LogP contribution in [0.4, 0.5) is 0 Å². The van der Waals surface area contributed by atoms with E-state index in [0.29, 0.717) is 18.3 Å². The predicted octanol–water partition coefficient (Wildman–Crippen LogP) is 1.34. The molecule has 3 aromatic heterocycles. The van der Waals surface area contributed by atoms with Gasteiger partial charge in [0, 0.05) is 24.7 Å². The first-order chi connectivity index (χ1) is 13.1. The van der Waals surface area contributed by atoms with Crippen LogP contribution in [0.2, 0.25) is 0 Å². The molecule has 0 N–H and O–H groups in total. The number of piperidine rings is 1. The Kier molecular flexibility index (Phi) is 4.85. The van der Waals surface area contributed by atoms with E-state index in [0.717, 1.165) is 43.9 Å². The highest BCUT2D eigenvalue weighted by Crippen LogP contribution is 2.22. The molecule has 0 amide bonds. The maximum absolute atomic E-state index is 12.2. The molecule has 1 aliphatic heterocycles. The summed E-state index contributed by atoms with van der Waals surface area (Å²) in [6.07, 6.45) is 5.09. The van der Waals surface area contributed by atoms with E-state index in [-0.39, 0.29) is 5.56 Å². The number of hydrogen-bond donors (Lipinski definition) is 0. The zero-order valence-electron chi connectivity index (χ0n) is 15.6. The third-order valence-electron chi connectivity index (χ3n) is 5.21. The van der Waals surface area contributed by atoms with Crippen LogP contribution in [-0.2, 0) is 13.1 Å². The molecule has 0 bridgehead atoms. The Labute approximate surface area is 156 Å². The van der Waals surface area contributed by atoms with Crippen molar-refractivity contribution in [2.45, 2.75) is 39.8 Å². The summed E-state index contributed by atoms with van der Waals surface area (Å²) in [4.78, 5) is 18.5. The van der Waals surface area contributed by atoms with Crippen LogP contribution in [0.25, 0.3) is 5.82 Å². The molecule has 9 heteroatoms. The monoisotopic (exact) mass is 369 g/mol. The van der Waals surface area contributed by atoms with E-state index < -0.39 is 0 Å². The van der Waals surface area contributed by atoms with Gasteiger partial charge in [0.15, 0.2) is 5.82 Å². The van der Waals surface area contributed by atoms with E-state index in [2.05, 4.69) is 25.2 Å². The molecule has 4 heterocycles. The van der Waals surface area contributed by atoms with Gasteiger partial charge in [-0.05, 0) is 51.8 Å². The highest BCUT2D eigenvalue weighted by molar-refractivity contribution is 5.20. The lowest BCUT2D eigenvalue weighted by Crippen LogP contribution is -2.36. The van der Waals surface area contributed by atoms with E-state index in [1.807, 2.05) is 13.8 Å². The van der Waals surface area contributed by atoms with Crippen molar-refractivity contribution >= 4 is 0 Å². The average Bonchev–Trinajstić information content (AvgIpc) is 3.31. The standard InChI is InChI=1S/C18H23N7O2/c1-13-16(14(2)27-22-13)10-23-7-5-15(6-8-23)9-24-18(26)4-3-17(21-24)25-12-19-11-20-25/h3-4,11-12,15H,5-10H2,1-2H3. The number of likely N-dealkylation sites (tertiary alicyclic amines) is 1. The fourth-order valence-corrected chi connectivity index (χ4v) is 3.54. The van der Waals surface area contributed by atoms with Gasteiger partial charge < -0.3 is 4.52 Å². The van der Waals surface area contributed by atoms with Gasteiger partial charge in [0.2, 0.25) is 0 Å². The zero-order chi connectivity index (χ0) is 18.8. The van der Waals surface area contributed by atoms with Crippen molar-refractivity contribution in [1.82, 2.24) is 34.6 Å². The molecular weight excluding hydrogens is 346 g/mol. The van der Waals surface area contributed by atoms with Gasteiger partial charge >= 0.3 is 0 Å². The Balaban J connectivity index is 1.38. The summed E-state index contributed by atoms with van der Waals surface area (Å²) in [5.74, 6) is 1.93. The van der Waals surface area contributed by atoms with Crippen molar-refractivity contribution in [3.05, 3.63) is 52.2 Å². The summed E-state index contributed by atoms with van der Waals surface area (Å²) in [5.41, 5.74) is 2.07. The molecule has 0 radical (unpaired) electrons. The molecule has 0 unspecified atom stereocenters. The summed E-state index contributed by atoms with van der Waals surface area (Å²) < 4.78 is 8.36. The van der Waals surface area contributed by atoms with Crippen molar-refractivity contribution in [2.75, 3.05) is 13.1 Å². The van der Waals surface area contributed by atoms with Gasteiger partial charge in [-0.25, -0.2) is 14.3 Å². The maximum atomic E-state index is 12.2. The number of hydrogen-bond acceptors (Lipinski definition) is 7. The minimum atomic E-state index is -0.0861. The summed E-state index contributed by atoms with van der Waals surface area (Å²) in [5, 5.41) is 12.5. The second-order valence-corrected chi connectivity index (χ2v) is 7.07. The molecule has 0 aromatic carbocycles. The van der Waals surface area contributed by atoms with E-state index in [1.165, 1.54) is 18.0 Å². The predicted molar refractivity (Wildman–Crippen MR) is 97.4 cm³/mol. The number of rotatable bonds is 5. The average molecular weight is 369 g/mol. The van der Waals surface area contributed by atoms with E-state index in [9.17, 15) is 4.79 Å². The van der Waals surface area contributed by atoms with Crippen LogP contribution in [0.3, 0.4) is 0 Å². The molecular formula is C18H23N7O2. The minimum absolute atomic E-state index is 0.0861. The third kappa shape index (κ3) is 3.82. The molecule has 0 spiro atoms. The third-order valence-corrected chi connectivity index (χ3v) is 5.21. The van der Waals surface area contributed by atoms with Crippen molar-refractivity contribution in [3.63, 3.8) is 0 Å². The summed E-state index contributed by atoms with van der Waals surface area (Å²) >= 11 is 0. The second kappa shape index (κ2) is 7.43. The second-order valence-electron chi connectivity index (χ2n) is 7.07. The van der Waals surface area contributed by atoms with Gasteiger partial charge in [-0.1, -0.05) is 5.16 Å². The molecule has 1 saturated heterocycles. The maximum Gasteiger partial charge on any atom is 0.266 e. The van der Waals surface area contributed by atoms with Crippen molar-refractivity contribution in [2.24, 2.45) is 5.92 Å². The minimum Gasteiger partial charge on any atom is -0.361 e. The zero-order valence-corrected chi connectivity index (χ0v) is 15.6.